The molecule has 0 fully saturated rings. The molecule has 34 heavy (non-hydrogen) atoms. The lowest BCUT2D eigenvalue weighted by Crippen LogP contribution is -2.11. The van der Waals surface area contributed by atoms with Gasteiger partial charge in [-0.2, -0.15) is 0 Å². The van der Waals surface area contributed by atoms with Crippen molar-refractivity contribution in [2.75, 3.05) is 6.61 Å². The van der Waals surface area contributed by atoms with Crippen LogP contribution in [0.15, 0.2) is 75.8 Å². The number of benzene rings is 3. The number of halogens is 2. The van der Waals surface area contributed by atoms with E-state index in [1.54, 1.807) is 37.3 Å². The highest BCUT2D eigenvalue weighted by Gasteiger charge is 2.26. The molecule has 3 aromatic rings. The Hall–Kier alpha value is -3.78. The van der Waals surface area contributed by atoms with E-state index in [-0.39, 0.29) is 22.9 Å². The van der Waals surface area contributed by atoms with E-state index in [9.17, 15) is 14.0 Å². The molecule has 0 spiro atoms. The van der Waals surface area contributed by atoms with Crippen molar-refractivity contribution in [1.29, 1.82) is 0 Å². The molecule has 0 atom stereocenters. The van der Waals surface area contributed by atoms with Gasteiger partial charge >= 0.3 is 11.9 Å². The Labute approximate surface area is 203 Å². The van der Waals surface area contributed by atoms with Crippen molar-refractivity contribution in [2.45, 2.75) is 13.8 Å². The van der Waals surface area contributed by atoms with Gasteiger partial charge < -0.3 is 14.2 Å². The Kier molecular flexibility index (Phi) is 6.88. The third-order valence-electron chi connectivity index (χ3n) is 4.92. The quantitative estimate of drug-likeness (QED) is 0.230. The molecule has 0 N–H and O–H groups in total. The van der Waals surface area contributed by atoms with Crippen LogP contribution in [-0.4, -0.2) is 24.4 Å². The normalized spacial score (nSPS) is 14.1. The van der Waals surface area contributed by atoms with Gasteiger partial charge in [-0.25, -0.2) is 19.0 Å². The first kappa shape index (κ1) is 23.4. The molecule has 6 nitrogen and oxygen atoms in total. The largest absolute Gasteiger partial charge is 0.490 e. The first-order valence-electron chi connectivity index (χ1n) is 10.4. The first-order valence-corrected chi connectivity index (χ1v) is 11.2. The number of esters is 2. The minimum absolute atomic E-state index is 0.00254. The SMILES string of the molecule is CCOc1cc(/C=C2\N=C(c3ccccc3F)OC2=O)cc(Br)c1OC(=O)c1ccccc1C. The second kappa shape index (κ2) is 10.0. The molecule has 0 saturated carbocycles. The lowest BCUT2D eigenvalue weighted by atomic mass is 10.1. The molecule has 1 aliphatic rings. The maximum atomic E-state index is 14.1. The maximum Gasteiger partial charge on any atom is 0.363 e. The van der Waals surface area contributed by atoms with Gasteiger partial charge in [-0.05, 0) is 77.3 Å². The van der Waals surface area contributed by atoms with Crippen molar-refractivity contribution >= 4 is 39.8 Å². The fourth-order valence-electron chi connectivity index (χ4n) is 3.30. The van der Waals surface area contributed by atoms with Crippen molar-refractivity contribution in [3.8, 4) is 11.5 Å². The van der Waals surface area contributed by atoms with Crippen LogP contribution in [0.5, 0.6) is 11.5 Å². The molecule has 0 amide bonds. The highest BCUT2D eigenvalue weighted by Crippen LogP contribution is 2.38. The van der Waals surface area contributed by atoms with Gasteiger partial charge in [0.15, 0.2) is 17.2 Å². The van der Waals surface area contributed by atoms with Gasteiger partial charge in [0.1, 0.15) is 5.82 Å². The summed E-state index contributed by atoms with van der Waals surface area (Å²) in [6, 6.07) is 16.3. The van der Waals surface area contributed by atoms with Crippen LogP contribution in [0.1, 0.15) is 34.0 Å². The summed E-state index contributed by atoms with van der Waals surface area (Å²) < 4.78 is 31.0. The van der Waals surface area contributed by atoms with Gasteiger partial charge in [0.05, 0.1) is 22.2 Å². The fraction of sp³-hybridized carbons (Fsp3) is 0.115. The molecule has 0 aromatic heterocycles. The Bertz CT molecular complexity index is 1350. The lowest BCUT2D eigenvalue weighted by molar-refractivity contribution is -0.129. The zero-order chi connectivity index (χ0) is 24.2. The van der Waals surface area contributed by atoms with Crippen LogP contribution in [0.2, 0.25) is 0 Å². The summed E-state index contributed by atoms with van der Waals surface area (Å²) in [4.78, 5) is 29.2. The topological polar surface area (TPSA) is 74.2 Å². The summed E-state index contributed by atoms with van der Waals surface area (Å²) in [5.74, 6) is -1.37. The van der Waals surface area contributed by atoms with Crippen LogP contribution in [0, 0.1) is 12.7 Å². The standard InChI is InChI=1S/C26H19BrFNO5/c1-3-32-22-14-16(12-19(27)23(22)33-25(30)17-9-5-4-8-15(17)2)13-21-26(31)34-24(29-21)18-10-6-7-11-20(18)28/h4-14H,3H2,1-2H3/b21-13-. The molecular formula is C26H19BrFNO5. The number of hydrogen-bond donors (Lipinski definition) is 0. The second-order valence-corrected chi connectivity index (χ2v) is 8.14. The highest BCUT2D eigenvalue weighted by molar-refractivity contribution is 9.10. The maximum absolute atomic E-state index is 14.1. The molecule has 4 rings (SSSR count). The second-order valence-electron chi connectivity index (χ2n) is 7.28. The Morgan fingerprint density at radius 1 is 1.15 bits per heavy atom. The Balaban J connectivity index is 1.67. The van der Waals surface area contributed by atoms with Gasteiger partial charge in [-0.3, -0.25) is 0 Å². The van der Waals surface area contributed by atoms with Crippen molar-refractivity contribution in [1.82, 2.24) is 0 Å². The Morgan fingerprint density at radius 2 is 1.88 bits per heavy atom. The number of aryl methyl sites for hydroxylation is 1. The van der Waals surface area contributed by atoms with Crippen molar-refractivity contribution < 1.29 is 28.2 Å². The summed E-state index contributed by atoms with van der Waals surface area (Å²) in [5.41, 5.74) is 1.85. The van der Waals surface area contributed by atoms with E-state index < -0.39 is 17.8 Å². The molecular weight excluding hydrogens is 505 g/mol. The van der Waals surface area contributed by atoms with Gasteiger partial charge in [0.25, 0.3) is 0 Å². The molecule has 0 unspecified atom stereocenters. The third-order valence-corrected chi connectivity index (χ3v) is 5.51. The van der Waals surface area contributed by atoms with E-state index in [1.165, 1.54) is 24.3 Å². The van der Waals surface area contributed by atoms with Crippen LogP contribution in [0.25, 0.3) is 6.08 Å². The summed E-state index contributed by atoms with van der Waals surface area (Å²) in [6.07, 6.45) is 1.48. The number of cyclic esters (lactones) is 1. The van der Waals surface area contributed by atoms with Crippen LogP contribution in [-0.2, 0) is 9.53 Å². The average molecular weight is 524 g/mol. The van der Waals surface area contributed by atoms with Crippen LogP contribution >= 0.6 is 15.9 Å². The lowest BCUT2D eigenvalue weighted by Gasteiger charge is -2.14. The number of nitrogens with zero attached hydrogens (tertiary/aromatic N) is 1. The smallest absolute Gasteiger partial charge is 0.363 e. The van der Waals surface area contributed by atoms with Gasteiger partial charge in [-0.15, -0.1) is 0 Å². The molecule has 1 heterocycles. The summed E-state index contributed by atoms with van der Waals surface area (Å²) in [7, 11) is 0. The minimum Gasteiger partial charge on any atom is -0.490 e. The van der Waals surface area contributed by atoms with E-state index in [0.29, 0.717) is 28.0 Å². The summed E-state index contributed by atoms with van der Waals surface area (Å²) >= 11 is 3.42. The molecule has 1 aliphatic heterocycles. The van der Waals surface area contributed by atoms with Crippen molar-refractivity contribution in [2.24, 2.45) is 4.99 Å². The molecule has 0 radical (unpaired) electrons. The molecule has 0 bridgehead atoms. The number of carbonyl (C=O) groups excluding carboxylic acids is 2. The molecule has 8 heteroatoms. The number of aliphatic imine (C=N–C) groups is 1. The highest BCUT2D eigenvalue weighted by atomic mass is 79.9. The number of carbonyl (C=O) groups is 2. The van der Waals surface area contributed by atoms with E-state index in [2.05, 4.69) is 20.9 Å². The summed E-state index contributed by atoms with van der Waals surface area (Å²) in [6.45, 7) is 3.94. The number of hydrogen-bond acceptors (Lipinski definition) is 6. The predicted molar refractivity (Wildman–Crippen MR) is 128 cm³/mol. The predicted octanol–water partition coefficient (Wildman–Crippen LogP) is 5.86. The molecule has 172 valence electrons. The molecule has 0 aliphatic carbocycles. The first-order chi connectivity index (χ1) is 16.4. The molecule has 0 saturated heterocycles. The number of rotatable bonds is 6. The van der Waals surface area contributed by atoms with E-state index >= 15 is 0 Å². The Morgan fingerprint density at radius 3 is 2.62 bits per heavy atom. The third kappa shape index (κ3) is 4.92. The zero-order valence-electron chi connectivity index (χ0n) is 18.3. The van der Waals surface area contributed by atoms with Crippen LogP contribution in [0.4, 0.5) is 4.39 Å². The number of ether oxygens (including phenoxy) is 3. The van der Waals surface area contributed by atoms with E-state index in [1.807, 2.05) is 19.1 Å². The zero-order valence-corrected chi connectivity index (χ0v) is 19.9. The monoisotopic (exact) mass is 523 g/mol. The average Bonchev–Trinajstić information content (AvgIpc) is 3.16. The summed E-state index contributed by atoms with van der Waals surface area (Å²) in [5, 5.41) is 0. The van der Waals surface area contributed by atoms with E-state index in [4.69, 9.17) is 14.2 Å². The van der Waals surface area contributed by atoms with Crippen LogP contribution < -0.4 is 9.47 Å². The van der Waals surface area contributed by atoms with Gasteiger partial charge in [0, 0.05) is 0 Å². The van der Waals surface area contributed by atoms with Crippen LogP contribution in [0.3, 0.4) is 0 Å². The van der Waals surface area contributed by atoms with E-state index in [0.717, 1.165) is 5.56 Å². The minimum atomic E-state index is -0.706. The van der Waals surface area contributed by atoms with Gasteiger partial charge in [0.2, 0.25) is 5.90 Å². The van der Waals surface area contributed by atoms with Crippen molar-refractivity contribution in [3.05, 3.63) is 98.9 Å². The fourth-order valence-corrected chi connectivity index (χ4v) is 3.84. The van der Waals surface area contributed by atoms with Gasteiger partial charge in [-0.1, -0.05) is 30.3 Å². The molecule has 3 aromatic carbocycles. The van der Waals surface area contributed by atoms with Crippen molar-refractivity contribution in [3.63, 3.8) is 0 Å².